The van der Waals surface area contributed by atoms with Crippen LogP contribution in [0.5, 0.6) is 0 Å². The predicted octanol–water partition coefficient (Wildman–Crippen LogP) is 3.56. The Bertz CT molecular complexity index is 780. The molecular weight excluding hydrogens is 351 g/mol. The second-order valence-electron chi connectivity index (χ2n) is 5.59. The van der Waals surface area contributed by atoms with E-state index in [4.69, 9.17) is 27.6 Å². The van der Waals surface area contributed by atoms with Crippen molar-refractivity contribution in [1.29, 1.82) is 0 Å². The molecule has 2 heterocycles. The molecule has 1 aliphatic heterocycles. The Morgan fingerprint density at radius 3 is 2.33 bits per heavy atom. The van der Waals surface area contributed by atoms with Gasteiger partial charge in [-0.2, -0.15) is 0 Å². The van der Waals surface area contributed by atoms with Crippen molar-refractivity contribution in [3.05, 3.63) is 46.1 Å². The Morgan fingerprint density at radius 1 is 1.00 bits per heavy atom. The Morgan fingerprint density at radius 2 is 1.67 bits per heavy atom. The summed E-state index contributed by atoms with van der Waals surface area (Å²) in [7, 11) is 0. The summed E-state index contributed by atoms with van der Waals surface area (Å²) in [5, 5.41) is 1.04. The van der Waals surface area contributed by atoms with Gasteiger partial charge in [0.15, 0.2) is 5.76 Å². The quantitative estimate of drug-likeness (QED) is 0.816. The summed E-state index contributed by atoms with van der Waals surface area (Å²) >= 11 is 12.2. The Kier molecular flexibility index (Phi) is 4.83. The van der Waals surface area contributed by atoms with E-state index >= 15 is 0 Å². The lowest BCUT2D eigenvalue weighted by Crippen LogP contribution is -2.50. The molecule has 3 rings (SSSR count). The lowest BCUT2D eigenvalue weighted by molar-refractivity contribution is -0.130. The highest BCUT2D eigenvalue weighted by atomic mass is 35.5. The number of benzene rings is 1. The van der Waals surface area contributed by atoms with Crippen LogP contribution in [-0.2, 0) is 4.79 Å². The molecule has 2 aromatic rings. The zero-order chi connectivity index (χ0) is 17.3. The number of amides is 2. The van der Waals surface area contributed by atoms with E-state index < -0.39 is 0 Å². The number of halogens is 2. The average Bonchev–Trinajstić information content (AvgIpc) is 3.06. The van der Waals surface area contributed by atoms with Gasteiger partial charge in [0, 0.05) is 43.7 Å². The van der Waals surface area contributed by atoms with Crippen molar-refractivity contribution in [2.24, 2.45) is 0 Å². The first-order valence-corrected chi connectivity index (χ1v) is 8.31. The first-order chi connectivity index (χ1) is 11.5. The van der Waals surface area contributed by atoms with Gasteiger partial charge in [0.25, 0.3) is 5.91 Å². The summed E-state index contributed by atoms with van der Waals surface area (Å²) in [6.07, 6.45) is 0. The SMILES string of the molecule is CC(=O)N1CCN(C(=O)c2ccc(-c3cc(Cl)ccc3Cl)o2)CC1. The molecule has 0 aliphatic carbocycles. The molecule has 0 saturated carbocycles. The second-order valence-corrected chi connectivity index (χ2v) is 6.43. The largest absolute Gasteiger partial charge is 0.451 e. The topological polar surface area (TPSA) is 53.8 Å². The zero-order valence-electron chi connectivity index (χ0n) is 13.1. The van der Waals surface area contributed by atoms with E-state index in [-0.39, 0.29) is 17.6 Å². The Hall–Kier alpha value is -1.98. The normalized spacial score (nSPS) is 14.8. The van der Waals surface area contributed by atoms with Crippen LogP contribution in [0, 0.1) is 0 Å². The number of nitrogens with zero attached hydrogens (tertiary/aromatic N) is 2. The summed E-state index contributed by atoms with van der Waals surface area (Å²) in [6, 6.07) is 8.41. The van der Waals surface area contributed by atoms with Gasteiger partial charge in [-0.3, -0.25) is 9.59 Å². The molecular formula is C17H16Cl2N2O3. The van der Waals surface area contributed by atoms with Crippen LogP contribution in [-0.4, -0.2) is 47.8 Å². The van der Waals surface area contributed by atoms with E-state index in [1.165, 1.54) is 6.92 Å². The van der Waals surface area contributed by atoms with Gasteiger partial charge in [0.1, 0.15) is 5.76 Å². The minimum Gasteiger partial charge on any atom is -0.451 e. The molecule has 1 aromatic heterocycles. The van der Waals surface area contributed by atoms with E-state index in [1.54, 1.807) is 40.1 Å². The van der Waals surface area contributed by atoms with Crippen LogP contribution < -0.4 is 0 Å². The van der Waals surface area contributed by atoms with Crippen LogP contribution >= 0.6 is 23.2 Å². The van der Waals surface area contributed by atoms with E-state index in [2.05, 4.69) is 0 Å². The Labute approximate surface area is 149 Å². The molecule has 0 atom stereocenters. The van der Waals surface area contributed by atoms with Crippen LogP contribution in [0.3, 0.4) is 0 Å². The molecule has 126 valence electrons. The van der Waals surface area contributed by atoms with E-state index in [0.717, 1.165) is 0 Å². The van der Waals surface area contributed by atoms with Crippen molar-refractivity contribution in [2.45, 2.75) is 6.92 Å². The van der Waals surface area contributed by atoms with Gasteiger partial charge < -0.3 is 14.2 Å². The van der Waals surface area contributed by atoms with Gasteiger partial charge in [-0.05, 0) is 30.3 Å². The van der Waals surface area contributed by atoms with Gasteiger partial charge in [-0.25, -0.2) is 0 Å². The van der Waals surface area contributed by atoms with Crippen LogP contribution in [0.15, 0.2) is 34.7 Å². The first kappa shape index (κ1) is 16.9. The fourth-order valence-electron chi connectivity index (χ4n) is 2.66. The third kappa shape index (κ3) is 3.42. The number of hydrogen-bond acceptors (Lipinski definition) is 3. The van der Waals surface area contributed by atoms with Gasteiger partial charge in [-0.1, -0.05) is 23.2 Å². The van der Waals surface area contributed by atoms with Crippen molar-refractivity contribution < 1.29 is 14.0 Å². The molecule has 5 nitrogen and oxygen atoms in total. The molecule has 0 radical (unpaired) electrons. The standard InChI is InChI=1S/C17H16Cl2N2O3/c1-11(22)20-6-8-21(9-7-20)17(23)16-5-4-15(24-16)13-10-12(18)2-3-14(13)19/h2-5,10H,6-9H2,1H3. The second kappa shape index (κ2) is 6.87. The minimum absolute atomic E-state index is 0.0259. The van der Waals surface area contributed by atoms with Crippen molar-refractivity contribution in [3.63, 3.8) is 0 Å². The molecule has 1 fully saturated rings. The molecule has 1 aromatic carbocycles. The first-order valence-electron chi connectivity index (χ1n) is 7.56. The monoisotopic (exact) mass is 366 g/mol. The van der Waals surface area contributed by atoms with Crippen molar-refractivity contribution >= 4 is 35.0 Å². The summed E-state index contributed by atoms with van der Waals surface area (Å²) in [4.78, 5) is 27.3. The summed E-state index contributed by atoms with van der Waals surface area (Å²) in [6.45, 7) is 3.59. The summed E-state index contributed by atoms with van der Waals surface area (Å²) in [5.74, 6) is 0.575. The van der Waals surface area contributed by atoms with Crippen LogP contribution in [0.2, 0.25) is 10.0 Å². The molecule has 1 aliphatic rings. The van der Waals surface area contributed by atoms with Crippen LogP contribution in [0.25, 0.3) is 11.3 Å². The van der Waals surface area contributed by atoms with Crippen LogP contribution in [0.1, 0.15) is 17.5 Å². The van der Waals surface area contributed by atoms with Gasteiger partial charge in [-0.15, -0.1) is 0 Å². The van der Waals surface area contributed by atoms with Gasteiger partial charge >= 0.3 is 0 Å². The zero-order valence-corrected chi connectivity index (χ0v) is 14.6. The average molecular weight is 367 g/mol. The van der Waals surface area contributed by atoms with Gasteiger partial charge in [0.05, 0.1) is 5.02 Å². The van der Waals surface area contributed by atoms with Crippen molar-refractivity contribution in [1.82, 2.24) is 9.80 Å². The summed E-state index contributed by atoms with van der Waals surface area (Å²) < 4.78 is 5.68. The van der Waals surface area contributed by atoms with E-state index in [1.807, 2.05) is 0 Å². The number of piperazine rings is 1. The fourth-order valence-corrected chi connectivity index (χ4v) is 3.05. The third-order valence-corrected chi connectivity index (χ3v) is 4.59. The minimum atomic E-state index is -0.192. The maximum absolute atomic E-state index is 12.5. The lowest BCUT2D eigenvalue weighted by atomic mass is 10.2. The van der Waals surface area contributed by atoms with E-state index in [0.29, 0.717) is 47.5 Å². The van der Waals surface area contributed by atoms with E-state index in [9.17, 15) is 9.59 Å². The highest BCUT2D eigenvalue weighted by Crippen LogP contribution is 2.32. The number of furan rings is 1. The van der Waals surface area contributed by atoms with Crippen molar-refractivity contribution in [3.8, 4) is 11.3 Å². The maximum Gasteiger partial charge on any atom is 0.289 e. The molecule has 0 unspecified atom stereocenters. The smallest absolute Gasteiger partial charge is 0.289 e. The highest BCUT2D eigenvalue weighted by molar-refractivity contribution is 6.35. The molecule has 24 heavy (non-hydrogen) atoms. The van der Waals surface area contributed by atoms with Gasteiger partial charge in [0.2, 0.25) is 5.91 Å². The predicted molar refractivity (Wildman–Crippen MR) is 92.3 cm³/mol. The molecule has 0 spiro atoms. The maximum atomic E-state index is 12.5. The number of rotatable bonds is 2. The number of carbonyl (C=O) groups is 2. The highest BCUT2D eigenvalue weighted by Gasteiger charge is 2.25. The number of carbonyl (C=O) groups excluding carboxylic acids is 2. The Balaban J connectivity index is 1.75. The van der Waals surface area contributed by atoms with Crippen LogP contribution in [0.4, 0.5) is 0 Å². The molecule has 0 N–H and O–H groups in total. The number of hydrogen-bond donors (Lipinski definition) is 0. The molecule has 7 heteroatoms. The third-order valence-electron chi connectivity index (χ3n) is 4.02. The van der Waals surface area contributed by atoms with Crippen molar-refractivity contribution in [2.75, 3.05) is 26.2 Å². The lowest BCUT2D eigenvalue weighted by Gasteiger charge is -2.33. The fraction of sp³-hybridized carbons (Fsp3) is 0.294. The molecule has 0 bridgehead atoms. The summed E-state index contributed by atoms with van der Waals surface area (Å²) in [5.41, 5.74) is 0.643. The molecule has 2 amide bonds. The molecule has 1 saturated heterocycles.